The highest BCUT2D eigenvalue weighted by molar-refractivity contribution is 5.79. The summed E-state index contributed by atoms with van der Waals surface area (Å²) in [5, 5.41) is 79.7. The molecule has 0 spiro atoms. The number of ether oxygens (including phenoxy) is 7. The lowest BCUT2D eigenvalue weighted by atomic mass is 9.88. The lowest BCUT2D eigenvalue weighted by molar-refractivity contribution is -0.310. The van der Waals surface area contributed by atoms with Gasteiger partial charge in [-0.25, -0.2) is 9.59 Å². The molecule has 1 fully saturated rings. The van der Waals surface area contributed by atoms with E-state index in [2.05, 4.69) is 47.2 Å². The number of aromatic amines is 1. The minimum atomic E-state index is -2.52. The Kier molecular flexibility index (Phi) is 24.8. The molecule has 0 aliphatic carbocycles. The second-order valence-electron chi connectivity index (χ2n) is 17.5. The number of aliphatic hydroxyl groups is 4. The van der Waals surface area contributed by atoms with Crippen LogP contribution in [-0.2, 0) is 54.0 Å². The van der Waals surface area contributed by atoms with Gasteiger partial charge in [-0.2, -0.15) is 5.21 Å². The molecule has 27 heteroatoms. The van der Waals surface area contributed by atoms with Gasteiger partial charge in [0.1, 0.15) is 35.8 Å². The Morgan fingerprint density at radius 1 is 0.806 bits per heavy atom. The van der Waals surface area contributed by atoms with E-state index in [-0.39, 0.29) is 37.6 Å². The Morgan fingerprint density at radius 3 is 1.99 bits per heavy atom. The summed E-state index contributed by atoms with van der Waals surface area (Å²) in [6.07, 6.45) is -6.54. The van der Waals surface area contributed by atoms with E-state index in [0.717, 1.165) is 0 Å². The van der Waals surface area contributed by atoms with Crippen LogP contribution in [-0.4, -0.2) is 204 Å². The summed E-state index contributed by atoms with van der Waals surface area (Å²) in [6, 6.07) is 5.21. The zero-order chi connectivity index (χ0) is 52.5. The summed E-state index contributed by atoms with van der Waals surface area (Å²) >= 11 is 0. The molecule has 1 aliphatic rings. The number of rotatable bonds is 35. The highest BCUT2D eigenvalue weighted by Crippen LogP contribution is 2.34. The number of carbonyl (C=O) groups excluding carboxylic acids is 3. The van der Waals surface area contributed by atoms with Crippen LogP contribution in [0.1, 0.15) is 58.4 Å². The average molecular weight is 1020 g/mol. The number of carbonyl (C=O) groups is 4. The first-order valence-corrected chi connectivity index (χ1v) is 23.6. The normalized spacial score (nSPS) is 18.8. The number of alkyl carbamates (subject to hydrolysis) is 1. The molecule has 3 amide bonds. The van der Waals surface area contributed by atoms with Crippen LogP contribution in [0.2, 0.25) is 0 Å². The first kappa shape index (κ1) is 58.8. The van der Waals surface area contributed by atoms with E-state index < -0.39 is 96.2 Å². The van der Waals surface area contributed by atoms with Crippen LogP contribution in [0, 0.1) is 0 Å². The predicted molar refractivity (Wildman–Crippen MR) is 253 cm³/mol. The van der Waals surface area contributed by atoms with Gasteiger partial charge in [0.05, 0.1) is 84.1 Å². The molecule has 0 unspecified atom stereocenters. The Balaban J connectivity index is 1.09. The first-order valence-electron chi connectivity index (χ1n) is 23.6. The molecule has 402 valence electrons. The summed E-state index contributed by atoms with van der Waals surface area (Å²) in [7, 11) is 0. The van der Waals surface area contributed by atoms with Crippen molar-refractivity contribution in [1.82, 2.24) is 36.6 Å². The Labute approximate surface area is 414 Å². The number of aliphatic hydroxyl groups excluding tert-OH is 4. The van der Waals surface area contributed by atoms with Gasteiger partial charge in [0.2, 0.25) is 17.6 Å². The predicted octanol–water partition coefficient (Wildman–Crippen LogP) is -2.06. The Morgan fingerprint density at radius 2 is 1.40 bits per heavy atom. The smallest absolute Gasteiger partial charge is 0.407 e. The van der Waals surface area contributed by atoms with Gasteiger partial charge < -0.3 is 85.3 Å². The van der Waals surface area contributed by atoms with Crippen LogP contribution in [0.3, 0.4) is 0 Å². The summed E-state index contributed by atoms with van der Waals surface area (Å²) in [4.78, 5) is 73.5. The topological polar surface area (TPSA) is 383 Å². The lowest BCUT2D eigenvalue weighted by Crippen LogP contribution is -2.68. The number of benzene rings is 1. The van der Waals surface area contributed by atoms with E-state index in [1.807, 2.05) is 0 Å². The number of nitrogens with one attached hydrogen (secondary N) is 6. The van der Waals surface area contributed by atoms with E-state index in [0.29, 0.717) is 102 Å². The largest absolute Gasteiger partial charge is 0.477 e. The van der Waals surface area contributed by atoms with Crippen LogP contribution in [0.5, 0.6) is 0 Å². The minimum absolute atomic E-state index is 0.109. The van der Waals surface area contributed by atoms with Gasteiger partial charge >= 0.3 is 12.1 Å². The molecule has 0 bridgehead atoms. The SMILES string of the molecule is CC(C)(C)OC(=O)NCCOCCOCCOCCOCCNc1c(NCCCCCCO[C@]2(C(=O)O)C[C@H](O)[C@@H](NC(=O)CO)[C@H]([C@H](O)[C@H](O)CNC(=O)Cc3ccc(-c4nn[nH]n4)cc3)O2)c(=O)c1=O. The van der Waals surface area contributed by atoms with Crippen LogP contribution in [0.15, 0.2) is 33.9 Å². The fourth-order valence-electron chi connectivity index (χ4n) is 7.12. The molecular weight excluding hydrogens is 955 g/mol. The molecule has 0 saturated carbocycles. The number of unbranched alkanes of at least 4 members (excludes halogenated alkanes) is 3. The standard InChI is InChI=1S/C45H69N9O18/c1-44(2,3)72-43(65)48-14-17-67-19-21-69-23-22-68-20-18-66-16-13-47-36-35(38(61)39(36)62)46-12-6-4-5-7-15-70-45(42(63)64)25-30(56)34(50-33(59)27-55)40(71-45)37(60)31(57)26-49-32(58)24-28-8-10-29(11-9-28)41-51-53-54-52-41/h8-11,30-31,34,37,40,46-47,55-57,60H,4-7,12-27H2,1-3H3,(H,48,65)(H,49,58)(H,50,59)(H,63,64)(H,51,52,53,54)/t30-,31+,34+,37+,40+,45+/m0/s1. The molecule has 72 heavy (non-hydrogen) atoms. The van der Waals surface area contributed by atoms with Crippen LogP contribution in [0.25, 0.3) is 11.4 Å². The summed E-state index contributed by atoms with van der Waals surface area (Å²) < 4.78 is 38.4. The van der Waals surface area contributed by atoms with Gasteiger partial charge in [-0.3, -0.25) is 19.2 Å². The molecule has 11 N–H and O–H groups in total. The number of tetrazole rings is 1. The minimum Gasteiger partial charge on any atom is -0.477 e. The number of hydrogen-bond donors (Lipinski definition) is 11. The van der Waals surface area contributed by atoms with Gasteiger partial charge in [-0.1, -0.05) is 37.1 Å². The number of nitrogens with zero attached hydrogens (tertiary/aromatic N) is 3. The highest BCUT2D eigenvalue weighted by Gasteiger charge is 2.55. The van der Waals surface area contributed by atoms with E-state index >= 15 is 0 Å². The lowest BCUT2D eigenvalue weighted by Gasteiger charge is -2.46. The van der Waals surface area contributed by atoms with Crippen LogP contribution >= 0.6 is 0 Å². The van der Waals surface area contributed by atoms with Gasteiger partial charge in [0.25, 0.3) is 16.6 Å². The molecule has 1 aliphatic heterocycles. The van der Waals surface area contributed by atoms with Crippen molar-refractivity contribution in [2.24, 2.45) is 0 Å². The van der Waals surface area contributed by atoms with Crippen molar-refractivity contribution >= 4 is 35.3 Å². The van der Waals surface area contributed by atoms with Gasteiger partial charge in [-0.15, -0.1) is 10.2 Å². The number of hydrogen-bond acceptors (Lipinski definition) is 22. The van der Waals surface area contributed by atoms with E-state index in [9.17, 15) is 54.3 Å². The fraction of sp³-hybridized carbons (Fsp3) is 0.667. The van der Waals surface area contributed by atoms with Gasteiger partial charge in [0.15, 0.2) is 0 Å². The number of anilines is 2. The number of aromatic nitrogens is 4. The monoisotopic (exact) mass is 1020 g/mol. The molecule has 6 atom stereocenters. The van der Waals surface area contributed by atoms with E-state index in [4.69, 9.17) is 33.2 Å². The molecule has 27 nitrogen and oxygen atoms in total. The molecule has 2 heterocycles. The Hall–Kier alpha value is -5.75. The van der Waals surface area contributed by atoms with Crippen LogP contribution < -0.4 is 37.4 Å². The second kappa shape index (κ2) is 30.3. The number of aliphatic carboxylic acids is 1. The van der Waals surface area contributed by atoms with Crippen molar-refractivity contribution in [1.29, 1.82) is 0 Å². The zero-order valence-electron chi connectivity index (χ0n) is 40.7. The third-order valence-corrected chi connectivity index (χ3v) is 10.7. The van der Waals surface area contributed by atoms with Crippen LogP contribution in [0.4, 0.5) is 16.2 Å². The summed E-state index contributed by atoms with van der Waals surface area (Å²) in [5.41, 5.74) is -0.247. The molecule has 0 radical (unpaired) electrons. The molecule has 1 saturated heterocycles. The summed E-state index contributed by atoms with van der Waals surface area (Å²) in [5.74, 6) is -5.32. The molecule has 2 aromatic carbocycles. The number of carboxylic acids is 1. The third-order valence-electron chi connectivity index (χ3n) is 10.7. The second-order valence-corrected chi connectivity index (χ2v) is 17.5. The molecule has 1 aromatic heterocycles. The van der Waals surface area contributed by atoms with Gasteiger partial charge in [-0.05, 0) is 44.4 Å². The maximum atomic E-state index is 12.7. The maximum absolute atomic E-state index is 12.7. The molecular formula is C45H69N9O18. The molecule has 4 rings (SSSR count). The van der Waals surface area contributed by atoms with Gasteiger partial charge in [0, 0.05) is 38.2 Å². The quantitative estimate of drug-likeness (QED) is 0.0223. The highest BCUT2D eigenvalue weighted by atomic mass is 16.7. The molecule has 3 aromatic rings. The van der Waals surface area contributed by atoms with Crippen molar-refractivity contribution < 1.29 is 77.9 Å². The first-order chi connectivity index (χ1) is 34.4. The Bertz CT molecular complexity index is 2170. The van der Waals surface area contributed by atoms with Crippen molar-refractivity contribution in [2.75, 3.05) is 103 Å². The van der Waals surface area contributed by atoms with Crippen molar-refractivity contribution in [2.45, 2.75) is 101 Å². The maximum Gasteiger partial charge on any atom is 0.407 e. The fourth-order valence-corrected chi connectivity index (χ4v) is 7.12. The van der Waals surface area contributed by atoms with Crippen molar-refractivity contribution in [3.05, 3.63) is 50.3 Å². The van der Waals surface area contributed by atoms with Crippen molar-refractivity contribution in [3.8, 4) is 11.4 Å². The average Bonchev–Trinajstić information content (AvgIpc) is 3.89. The van der Waals surface area contributed by atoms with Crippen molar-refractivity contribution in [3.63, 3.8) is 0 Å². The summed E-state index contributed by atoms with van der Waals surface area (Å²) in [6.45, 7) is 7.20. The number of carboxylic acid groups (broad SMARTS) is 1. The number of amides is 3. The third kappa shape index (κ3) is 19.7. The van der Waals surface area contributed by atoms with E-state index in [1.165, 1.54) is 0 Å². The number of H-pyrrole nitrogens is 1. The van der Waals surface area contributed by atoms with E-state index in [1.54, 1.807) is 45.0 Å². The zero-order valence-corrected chi connectivity index (χ0v) is 40.7.